The van der Waals surface area contributed by atoms with Crippen LogP contribution in [0.1, 0.15) is 54.4 Å². The van der Waals surface area contributed by atoms with Crippen molar-refractivity contribution in [1.29, 1.82) is 0 Å². The van der Waals surface area contributed by atoms with Gasteiger partial charge in [-0.05, 0) is 25.7 Å². The van der Waals surface area contributed by atoms with Crippen molar-refractivity contribution in [1.82, 2.24) is 0 Å². The van der Waals surface area contributed by atoms with Gasteiger partial charge >= 0.3 is 5.97 Å². The Labute approximate surface area is 94.7 Å². The van der Waals surface area contributed by atoms with Crippen molar-refractivity contribution < 1.29 is 9.53 Å². The number of ether oxygens (including phenoxy) is 1. The van der Waals surface area contributed by atoms with E-state index in [4.69, 9.17) is 4.74 Å². The molecule has 0 fully saturated rings. The molecule has 0 aliphatic heterocycles. The summed E-state index contributed by atoms with van der Waals surface area (Å²) >= 11 is 0. The topological polar surface area (TPSA) is 26.3 Å². The summed E-state index contributed by atoms with van der Waals surface area (Å²) in [5, 5.41) is 0. The number of allylic oxidation sites excluding steroid dienone is 2. The lowest BCUT2D eigenvalue weighted by atomic mass is 10.1. The second-order valence-electron chi connectivity index (χ2n) is 3.86. The molecule has 0 radical (unpaired) electrons. The maximum atomic E-state index is 11.3. The van der Waals surface area contributed by atoms with E-state index in [1.165, 1.54) is 0 Å². The number of carbonyl (C=O) groups is 1. The quantitative estimate of drug-likeness (QED) is 0.494. The molecule has 0 spiro atoms. The minimum absolute atomic E-state index is 0. The van der Waals surface area contributed by atoms with Crippen LogP contribution in [0, 0.1) is 5.92 Å². The molecule has 0 aliphatic carbocycles. The van der Waals surface area contributed by atoms with Gasteiger partial charge in [0.05, 0.1) is 0 Å². The zero-order valence-corrected chi connectivity index (χ0v) is 9.75. The Kier molecular flexibility index (Phi) is 10.8. The summed E-state index contributed by atoms with van der Waals surface area (Å²) in [6.07, 6.45) is 6.43. The highest BCUT2D eigenvalue weighted by Crippen LogP contribution is 2.07. The zero-order valence-electron chi connectivity index (χ0n) is 9.75. The minimum atomic E-state index is -0.0908. The van der Waals surface area contributed by atoms with Crippen LogP contribution in [0.3, 0.4) is 0 Å². The van der Waals surface area contributed by atoms with E-state index in [2.05, 4.69) is 26.8 Å². The first kappa shape index (κ1) is 16.6. The molecular weight excluding hydrogens is 188 g/mol. The van der Waals surface area contributed by atoms with Gasteiger partial charge in [-0.25, -0.2) is 0 Å². The third-order valence-corrected chi connectivity index (χ3v) is 2.17. The maximum Gasteiger partial charge on any atom is 0.306 e. The molecule has 2 heteroatoms. The van der Waals surface area contributed by atoms with Crippen molar-refractivity contribution >= 4 is 5.97 Å². The van der Waals surface area contributed by atoms with Gasteiger partial charge in [-0.15, -0.1) is 0 Å². The minimum Gasteiger partial charge on any atom is -0.462 e. The predicted molar refractivity (Wildman–Crippen MR) is 65.8 cm³/mol. The fourth-order valence-corrected chi connectivity index (χ4v) is 0.888. The molecule has 0 aromatic rings. The van der Waals surface area contributed by atoms with Gasteiger partial charge in [0.2, 0.25) is 0 Å². The third kappa shape index (κ3) is 9.51. The van der Waals surface area contributed by atoms with Crippen LogP contribution in [0.25, 0.3) is 0 Å². The molecule has 0 amide bonds. The smallest absolute Gasteiger partial charge is 0.306 e. The molecule has 0 aromatic carbocycles. The van der Waals surface area contributed by atoms with E-state index in [-0.39, 0.29) is 19.5 Å². The SMILES string of the molecule is C.CC/C=C/CCC(=O)OC(C)C(C)C. The summed E-state index contributed by atoms with van der Waals surface area (Å²) in [7, 11) is 0. The van der Waals surface area contributed by atoms with Crippen LogP contribution in [0.4, 0.5) is 0 Å². The molecule has 1 unspecified atom stereocenters. The summed E-state index contributed by atoms with van der Waals surface area (Å²) in [6.45, 7) is 8.12. The fourth-order valence-electron chi connectivity index (χ4n) is 0.888. The molecular formula is C13H26O2. The molecule has 0 saturated heterocycles. The number of carbonyl (C=O) groups excluding carboxylic acids is 1. The van der Waals surface area contributed by atoms with Gasteiger partial charge in [0.15, 0.2) is 0 Å². The van der Waals surface area contributed by atoms with Crippen molar-refractivity contribution in [2.75, 3.05) is 0 Å². The van der Waals surface area contributed by atoms with Crippen molar-refractivity contribution in [2.45, 2.75) is 60.5 Å². The summed E-state index contributed by atoms with van der Waals surface area (Å²) in [5.74, 6) is 0.303. The third-order valence-electron chi connectivity index (χ3n) is 2.17. The van der Waals surface area contributed by atoms with E-state index in [0.29, 0.717) is 12.3 Å². The maximum absolute atomic E-state index is 11.3. The van der Waals surface area contributed by atoms with Crippen LogP contribution in [0.15, 0.2) is 12.2 Å². The molecule has 90 valence electrons. The van der Waals surface area contributed by atoms with Gasteiger partial charge in [0.25, 0.3) is 0 Å². The lowest BCUT2D eigenvalue weighted by Gasteiger charge is -2.16. The second kappa shape index (κ2) is 9.75. The number of rotatable bonds is 6. The van der Waals surface area contributed by atoms with Gasteiger partial charge in [0.1, 0.15) is 6.10 Å². The molecule has 0 bridgehead atoms. The monoisotopic (exact) mass is 214 g/mol. The molecule has 0 heterocycles. The average Bonchev–Trinajstić information content (AvgIpc) is 2.12. The van der Waals surface area contributed by atoms with E-state index in [1.807, 2.05) is 13.0 Å². The Morgan fingerprint density at radius 1 is 1.27 bits per heavy atom. The van der Waals surface area contributed by atoms with Gasteiger partial charge in [0, 0.05) is 6.42 Å². The van der Waals surface area contributed by atoms with Crippen LogP contribution >= 0.6 is 0 Å². The largest absolute Gasteiger partial charge is 0.462 e. The lowest BCUT2D eigenvalue weighted by molar-refractivity contribution is -0.150. The van der Waals surface area contributed by atoms with Gasteiger partial charge in [-0.2, -0.15) is 0 Å². The average molecular weight is 214 g/mol. The van der Waals surface area contributed by atoms with E-state index >= 15 is 0 Å². The van der Waals surface area contributed by atoms with Crippen LogP contribution in [-0.4, -0.2) is 12.1 Å². The van der Waals surface area contributed by atoms with E-state index < -0.39 is 0 Å². The van der Waals surface area contributed by atoms with Gasteiger partial charge in [-0.1, -0.05) is 40.3 Å². The molecule has 0 rings (SSSR count). The first-order valence-electron chi connectivity index (χ1n) is 5.42. The van der Waals surface area contributed by atoms with Crippen molar-refractivity contribution in [3.05, 3.63) is 12.2 Å². The molecule has 0 N–H and O–H groups in total. The summed E-state index contributed by atoms with van der Waals surface area (Å²) in [6, 6.07) is 0. The lowest BCUT2D eigenvalue weighted by Crippen LogP contribution is -2.19. The van der Waals surface area contributed by atoms with E-state index in [0.717, 1.165) is 12.8 Å². The Balaban J connectivity index is 0. The molecule has 0 aromatic heterocycles. The van der Waals surface area contributed by atoms with Crippen molar-refractivity contribution in [3.8, 4) is 0 Å². The molecule has 2 nitrogen and oxygen atoms in total. The first-order chi connectivity index (χ1) is 6.57. The Hall–Kier alpha value is -0.790. The predicted octanol–water partition coefficient (Wildman–Crippen LogP) is 3.96. The van der Waals surface area contributed by atoms with Gasteiger partial charge in [-0.3, -0.25) is 4.79 Å². The first-order valence-corrected chi connectivity index (χ1v) is 5.42. The van der Waals surface area contributed by atoms with Gasteiger partial charge < -0.3 is 4.74 Å². The summed E-state index contributed by atoms with van der Waals surface area (Å²) in [5.41, 5.74) is 0. The van der Waals surface area contributed by atoms with Crippen LogP contribution in [-0.2, 0) is 9.53 Å². The summed E-state index contributed by atoms with van der Waals surface area (Å²) in [4.78, 5) is 11.3. The highest BCUT2D eigenvalue weighted by atomic mass is 16.5. The molecule has 0 saturated carbocycles. The fraction of sp³-hybridized carbons (Fsp3) is 0.769. The molecule has 0 aliphatic rings. The number of esters is 1. The number of hydrogen-bond acceptors (Lipinski definition) is 2. The standard InChI is InChI=1S/C12H22O2.CH4/c1-5-6-7-8-9-12(13)14-11(4)10(2)3;/h6-7,10-11H,5,8-9H2,1-4H3;1H4/b7-6+;. The van der Waals surface area contributed by atoms with E-state index in [1.54, 1.807) is 0 Å². The Morgan fingerprint density at radius 3 is 2.33 bits per heavy atom. The highest BCUT2D eigenvalue weighted by molar-refractivity contribution is 5.69. The number of hydrogen-bond donors (Lipinski definition) is 0. The molecule has 1 atom stereocenters. The zero-order chi connectivity index (χ0) is 11.0. The normalized spacial score (nSPS) is 12.6. The van der Waals surface area contributed by atoms with Crippen molar-refractivity contribution in [3.63, 3.8) is 0 Å². The van der Waals surface area contributed by atoms with Crippen LogP contribution in [0.5, 0.6) is 0 Å². The Bertz CT molecular complexity index is 183. The van der Waals surface area contributed by atoms with Crippen molar-refractivity contribution in [2.24, 2.45) is 5.92 Å². The Morgan fingerprint density at radius 2 is 1.87 bits per heavy atom. The second-order valence-corrected chi connectivity index (χ2v) is 3.86. The van der Waals surface area contributed by atoms with E-state index in [9.17, 15) is 4.79 Å². The molecule has 15 heavy (non-hydrogen) atoms. The highest BCUT2D eigenvalue weighted by Gasteiger charge is 2.11. The van der Waals surface area contributed by atoms with Crippen LogP contribution in [0.2, 0.25) is 0 Å². The summed E-state index contributed by atoms with van der Waals surface area (Å²) < 4.78 is 5.22. The van der Waals surface area contributed by atoms with Crippen LogP contribution < -0.4 is 0 Å².